The van der Waals surface area contributed by atoms with E-state index in [4.69, 9.17) is 4.74 Å². The highest BCUT2D eigenvalue weighted by molar-refractivity contribution is 5.65. The summed E-state index contributed by atoms with van der Waals surface area (Å²) in [4.78, 5) is 14.4. The lowest BCUT2D eigenvalue weighted by atomic mass is 10.1. The first-order valence-electron chi connectivity index (χ1n) is 5.03. The van der Waals surface area contributed by atoms with Crippen LogP contribution in [0.1, 0.15) is 24.6 Å². The number of nitrogens with zero attached hydrogens (tertiary/aromatic N) is 1. The second-order valence-electron chi connectivity index (χ2n) is 3.52. The molecule has 0 atom stereocenters. The molecule has 0 aliphatic heterocycles. The van der Waals surface area contributed by atoms with Crippen LogP contribution in [0, 0.1) is 0 Å². The predicted molar refractivity (Wildman–Crippen MR) is 58.4 cm³/mol. The Balaban J connectivity index is 2.73. The molecule has 3 nitrogen and oxygen atoms in total. The smallest absolute Gasteiger partial charge is 0.303 e. The van der Waals surface area contributed by atoms with E-state index in [-0.39, 0.29) is 12.2 Å². The number of alkyl halides is 2. The number of allylic oxidation sites excluding steroid dienone is 1. The SMILES string of the molecule is C=CCC(F)(F)c1ccc(COC(C)=O)nc1. The lowest BCUT2D eigenvalue weighted by molar-refractivity contribution is -0.142. The predicted octanol–water partition coefficient (Wildman–Crippen LogP) is 2.81. The number of pyridine rings is 1. The van der Waals surface area contributed by atoms with Crippen LogP contribution in [0.25, 0.3) is 0 Å². The van der Waals surface area contributed by atoms with Gasteiger partial charge in [-0.15, -0.1) is 6.58 Å². The average Bonchev–Trinajstić information content (AvgIpc) is 2.27. The first-order chi connectivity index (χ1) is 7.95. The Labute approximate surface area is 98.1 Å². The van der Waals surface area contributed by atoms with Gasteiger partial charge < -0.3 is 4.74 Å². The zero-order valence-corrected chi connectivity index (χ0v) is 9.45. The van der Waals surface area contributed by atoms with Crippen molar-refractivity contribution in [3.8, 4) is 0 Å². The molecule has 0 fully saturated rings. The van der Waals surface area contributed by atoms with Crippen molar-refractivity contribution in [1.29, 1.82) is 0 Å². The van der Waals surface area contributed by atoms with Gasteiger partial charge in [0.05, 0.1) is 5.69 Å². The fourth-order valence-corrected chi connectivity index (χ4v) is 1.20. The lowest BCUT2D eigenvalue weighted by Crippen LogP contribution is -2.12. The summed E-state index contributed by atoms with van der Waals surface area (Å²) in [5.41, 5.74) is 0.252. The molecule has 0 aliphatic carbocycles. The maximum absolute atomic E-state index is 13.4. The highest BCUT2D eigenvalue weighted by atomic mass is 19.3. The average molecular weight is 241 g/mol. The number of hydrogen-bond donors (Lipinski definition) is 0. The van der Waals surface area contributed by atoms with E-state index in [1.165, 1.54) is 19.1 Å². The van der Waals surface area contributed by atoms with Gasteiger partial charge in [-0.25, -0.2) is 8.78 Å². The molecule has 0 bridgehead atoms. The zero-order chi connectivity index (χ0) is 12.9. The van der Waals surface area contributed by atoms with Crippen molar-refractivity contribution < 1.29 is 18.3 Å². The van der Waals surface area contributed by atoms with Crippen molar-refractivity contribution in [1.82, 2.24) is 4.98 Å². The van der Waals surface area contributed by atoms with E-state index in [1.54, 1.807) is 0 Å². The highest BCUT2D eigenvalue weighted by Gasteiger charge is 2.29. The summed E-state index contributed by atoms with van der Waals surface area (Å²) in [6.07, 6.45) is 1.81. The van der Waals surface area contributed by atoms with Crippen LogP contribution in [0.15, 0.2) is 31.0 Å². The van der Waals surface area contributed by atoms with Gasteiger partial charge in [0, 0.05) is 25.1 Å². The Hall–Kier alpha value is -1.78. The summed E-state index contributed by atoms with van der Waals surface area (Å²) < 4.78 is 31.5. The first kappa shape index (κ1) is 13.3. The zero-order valence-electron chi connectivity index (χ0n) is 9.45. The molecule has 5 heteroatoms. The molecule has 0 N–H and O–H groups in total. The maximum atomic E-state index is 13.4. The monoisotopic (exact) mass is 241 g/mol. The largest absolute Gasteiger partial charge is 0.459 e. The molecule has 0 aromatic carbocycles. The summed E-state index contributed by atoms with van der Waals surface area (Å²) in [7, 11) is 0. The number of halogens is 2. The highest BCUT2D eigenvalue weighted by Crippen LogP contribution is 2.31. The van der Waals surface area contributed by atoms with Crippen LogP contribution in [-0.4, -0.2) is 11.0 Å². The van der Waals surface area contributed by atoms with Crippen LogP contribution in [0.4, 0.5) is 8.78 Å². The Morgan fingerprint density at radius 3 is 2.76 bits per heavy atom. The normalized spacial score (nSPS) is 11.0. The molecule has 17 heavy (non-hydrogen) atoms. The fourth-order valence-electron chi connectivity index (χ4n) is 1.20. The minimum atomic E-state index is -2.96. The van der Waals surface area contributed by atoms with E-state index >= 15 is 0 Å². The molecule has 0 radical (unpaired) electrons. The molecule has 0 unspecified atom stereocenters. The molecule has 0 amide bonds. The van der Waals surface area contributed by atoms with Crippen LogP contribution in [0.5, 0.6) is 0 Å². The minimum Gasteiger partial charge on any atom is -0.459 e. The summed E-state index contributed by atoms with van der Waals surface area (Å²) >= 11 is 0. The molecule has 1 heterocycles. The first-order valence-corrected chi connectivity index (χ1v) is 5.03. The molecular weight excluding hydrogens is 228 g/mol. The Bertz CT molecular complexity index is 401. The molecule has 0 saturated heterocycles. The van der Waals surface area contributed by atoms with E-state index in [2.05, 4.69) is 11.6 Å². The van der Waals surface area contributed by atoms with Gasteiger partial charge in [-0.05, 0) is 12.1 Å². The Morgan fingerprint density at radius 1 is 1.59 bits per heavy atom. The summed E-state index contributed by atoms with van der Waals surface area (Å²) in [5.74, 6) is -3.40. The van der Waals surface area contributed by atoms with Gasteiger partial charge in [0.25, 0.3) is 5.92 Å². The summed E-state index contributed by atoms with van der Waals surface area (Å²) in [5, 5.41) is 0. The van der Waals surface area contributed by atoms with Crippen molar-refractivity contribution in [3.63, 3.8) is 0 Å². The van der Waals surface area contributed by atoms with Gasteiger partial charge in [-0.3, -0.25) is 9.78 Å². The maximum Gasteiger partial charge on any atom is 0.303 e. The number of carbonyl (C=O) groups is 1. The fraction of sp³-hybridized carbons (Fsp3) is 0.333. The van der Waals surface area contributed by atoms with Crippen LogP contribution >= 0.6 is 0 Å². The molecular formula is C12H13F2NO2. The molecule has 1 aromatic heterocycles. The van der Waals surface area contributed by atoms with E-state index in [0.717, 1.165) is 12.3 Å². The van der Waals surface area contributed by atoms with Gasteiger partial charge in [-0.1, -0.05) is 6.08 Å². The number of ether oxygens (including phenoxy) is 1. The molecule has 0 aliphatic rings. The van der Waals surface area contributed by atoms with Gasteiger partial charge in [0.15, 0.2) is 0 Å². The minimum absolute atomic E-state index is 0.0113. The number of esters is 1. The number of hydrogen-bond acceptors (Lipinski definition) is 3. The number of rotatable bonds is 5. The van der Waals surface area contributed by atoms with Crippen molar-refractivity contribution in [2.24, 2.45) is 0 Å². The van der Waals surface area contributed by atoms with Crippen LogP contribution < -0.4 is 0 Å². The van der Waals surface area contributed by atoms with Crippen molar-refractivity contribution in [2.75, 3.05) is 0 Å². The molecule has 1 rings (SSSR count). The third-order valence-electron chi connectivity index (χ3n) is 2.07. The number of carbonyl (C=O) groups excluding carboxylic acids is 1. The van der Waals surface area contributed by atoms with Crippen molar-refractivity contribution >= 4 is 5.97 Å². The molecule has 1 aromatic rings. The standard InChI is InChI=1S/C12H13F2NO2/c1-3-6-12(13,14)10-4-5-11(15-7-10)8-17-9(2)16/h3-5,7H,1,6,8H2,2H3. The van der Waals surface area contributed by atoms with Crippen molar-refractivity contribution in [2.45, 2.75) is 25.9 Å². The van der Waals surface area contributed by atoms with E-state index < -0.39 is 18.3 Å². The third-order valence-corrected chi connectivity index (χ3v) is 2.07. The molecule has 0 saturated carbocycles. The van der Waals surface area contributed by atoms with E-state index in [9.17, 15) is 13.6 Å². The summed E-state index contributed by atoms with van der Waals surface area (Å²) in [6, 6.07) is 2.69. The topological polar surface area (TPSA) is 39.2 Å². The van der Waals surface area contributed by atoms with Gasteiger partial charge in [-0.2, -0.15) is 0 Å². The molecule has 92 valence electrons. The Kier molecular flexibility index (Phi) is 4.31. The van der Waals surface area contributed by atoms with Crippen LogP contribution in [-0.2, 0) is 22.1 Å². The molecule has 0 spiro atoms. The third kappa shape index (κ3) is 3.94. The van der Waals surface area contributed by atoms with Gasteiger partial charge >= 0.3 is 5.97 Å². The second-order valence-corrected chi connectivity index (χ2v) is 3.52. The lowest BCUT2D eigenvalue weighted by Gasteiger charge is -2.14. The van der Waals surface area contributed by atoms with E-state index in [0.29, 0.717) is 5.69 Å². The quantitative estimate of drug-likeness (QED) is 0.587. The van der Waals surface area contributed by atoms with Crippen LogP contribution in [0.2, 0.25) is 0 Å². The summed E-state index contributed by atoms with van der Waals surface area (Å²) in [6.45, 7) is 4.54. The second kappa shape index (κ2) is 5.52. The van der Waals surface area contributed by atoms with E-state index in [1.807, 2.05) is 0 Å². The van der Waals surface area contributed by atoms with Crippen LogP contribution in [0.3, 0.4) is 0 Å². The number of aromatic nitrogens is 1. The van der Waals surface area contributed by atoms with Gasteiger partial charge in [0.2, 0.25) is 0 Å². The Morgan fingerprint density at radius 2 is 2.29 bits per heavy atom. The van der Waals surface area contributed by atoms with Gasteiger partial charge in [0.1, 0.15) is 6.61 Å². The van der Waals surface area contributed by atoms with Crippen molar-refractivity contribution in [3.05, 3.63) is 42.2 Å².